The minimum Gasteiger partial charge on any atom is -0.480 e. The number of para-hydroxylation sites is 1. The van der Waals surface area contributed by atoms with Gasteiger partial charge in [-0.05, 0) is 43.2 Å². The Bertz CT molecular complexity index is 1120. The van der Waals surface area contributed by atoms with E-state index in [1.165, 1.54) is 19.1 Å². The monoisotopic (exact) mass is 448 g/mol. The van der Waals surface area contributed by atoms with E-state index in [4.69, 9.17) is 0 Å². The molecule has 2 N–H and O–H groups in total. The number of benzene rings is 2. The van der Waals surface area contributed by atoms with Gasteiger partial charge in [0.1, 0.15) is 11.3 Å². The number of fused-ring (bicyclic) bond motifs is 1. The van der Waals surface area contributed by atoms with Gasteiger partial charge in [-0.3, -0.25) is 19.7 Å². The number of amides is 2. The molecular weight excluding hydrogens is 429 g/mol. The molecule has 7 nitrogen and oxygen atoms in total. The molecule has 0 spiro atoms. The summed E-state index contributed by atoms with van der Waals surface area (Å²) in [5.41, 5.74) is -0.603. The van der Waals surface area contributed by atoms with E-state index in [0.29, 0.717) is 11.3 Å². The van der Waals surface area contributed by atoms with Crippen LogP contribution in [0.15, 0.2) is 48.5 Å². The Morgan fingerprint density at radius 1 is 1.12 bits per heavy atom. The van der Waals surface area contributed by atoms with Crippen molar-refractivity contribution in [3.05, 3.63) is 59.7 Å². The van der Waals surface area contributed by atoms with Crippen molar-refractivity contribution in [2.75, 3.05) is 4.90 Å². The van der Waals surface area contributed by atoms with E-state index >= 15 is 0 Å². The Labute approximate surface area is 180 Å². The fourth-order valence-corrected chi connectivity index (χ4v) is 4.58. The van der Waals surface area contributed by atoms with Gasteiger partial charge in [-0.1, -0.05) is 30.3 Å². The summed E-state index contributed by atoms with van der Waals surface area (Å²) in [5, 5.41) is 12.7. The van der Waals surface area contributed by atoms with E-state index in [9.17, 15) is 32.7 Å². The molecule has 0 radical (unpaired) electrons. The van der Waals surface area contributed by atoms with Gasteiger partial charge in [-0.2, -0.15) is 0 Å². The van der Waals surface area contributed by atoms with Crippen LogP contribution < -0.4 is 15.0 Å². The molecular formula is C22H19F3N2O5. The molecule has 10 heteroatoms. The van der Waals surface area contributed by atoms with Crippen molar-refractivity contribution in [3.63, 3.8) is 0 Å². The largest absolute Gasteiger partial charge is 0.573 e. The van der Waals surface area contributed by atoms with Crippen LogP contribution in [0, 0.1) is 18.8 Å². The molecule has 0 saturated carbocycles. The molecule has 0 aromatic heterocycles. The van der Waals surface area contributed by atoms with Gasteiger partial charge in [0.15, 0.2) is 0 Å². The predicted octanol–water partition coefficient (Wildman–Crippen LogP) is 3.19. The van der Waals surface area contributed by atoms with Crippen LogP contribution in [0.5, 0.6) is 5.75 Å². The second kappa shape index (κ2) is 7.33. The van der Waals surface area contributed by atoms with Gasteiger partial charge in [-0.25, -0.2) is 4.90 Å². The van der Waals surface area contributed by atoms with E-state index in [0.717, 1.165) is 17.0 Å². The normalized spacial score (nSPS) is 27.5. The molecule has 2 aliphatic heterocycles. The molecule has 2 aromatic carbocycles. The highest BCUT2D eigenvalue weighted by Crippen LogP contribution is 2.50. The molecule has 4 rings (SSSR count). The van der Waals surface area contributed by atoms with Gasteiger partial charge in [-0.15, -0.1) is 13.2 Å². The number of ether oxygens (including phenoxy) is 1. The standard InChI is InChI=1S/C22H19F3N2O5/c1-11-6-3-4-9-14(11)27-18(28)15-16(19(27)29)21(2,20(30)31)26-17(15)12-7-5-8-13(10-12)32-22(23,24)25/h3-10,15-17,26H,1-2H3,(H,30,31). The molecule has 2 heterocycles. The summed E-state index contributed by atoms with van der Waals surface area (Å²) < 4.78 is 42.0. The Kier molecular flexibility index (Phi) is 5.00. The van der Waals surface area contributed by atoms with Crippen molar-refractivity contribution in [2.24, 2.45) is 11.8 Å². The number of imide groups is 1. The highest BCUT2D eigenvalue weighted by atomic mass is 19.4. The van der Waals surface area contributed by atoms with Crippen LogP contribution in [0.2, 0.25) is 0 Å². The Morgan fingerprint density at radius 3 is 2.44 bits per heavy atom. The lowest BCUT2D eigenvalue weighted by Gasteiger charge is -2.28. The van der Waals surface area contributed by atoms with Crippen LogP contribution >= 0.6 is 0 Å². The Hall–Kier alpha value is -3.40. The van der Waals surface area contributed by atoms with Crippen molar-refractivity contribution < 1.29 is 37.4 Å². The maximum Gasteiger partial charge on any atom is 0.573 e. The summed E-state index contributed by atoms with van der Waals surface area (Å²) in [4.78, 5) is 39.9. The van der Waals surface area contributed by atoms with Crippen molar-refractivity contribution in [3.8, 4) is 5.75 Å². The van der Waals surface area contributed by atoms with E-state index in [-0.39, 0.29) is 5.56 Å². The highest BCUT2D eigenvalue weighted by Gasteiger charge is 2.67. The predicted molar refractivity (Wildman–Crippen MR) is 106 cm³/mol. The van der Waals surface area contributed by atoms with Crippen LogP contribution in [0.4, 0.5) is 18.9 Å². The van der Waals surface area contributed by atoms with Crippen LogP contribution in [0.3, 0.4) is 0 Å². The third-order valence-electron chi connectivity index (χ3n) is 6.04. The lowest BCUT2D eigenvalue weighted by Crippen LogP contribution is -2.53. The number of carbonyl (C=O) groups excluding carboxylic acids is 2. The molecule has 2 fully saturated rings. The van der Waals surface area contributed by atoms with E-state index in [2.05, 4.69) is 10.1 Å². The summed E-state index contributed by atoms with van der Waals surface area (Å²) in [6.45, 7) is 3.02. The molecule has 32 heavy (non-hydrogen) atoms. The smallest absolute Gasteiger partial charge is 0.480 e. The van der Waals surface area contributed by atoms with Crippen LogP contribution in [-0.4, -0.2) is 34.8 Å². The molecule has 2 aliphatic rings. The molecule has 2 saturated heterocycles. The number of anilines is 1. The lowest BCUT2D eigenvalue weighted by atomic mass is 9.80. The van der Waals surface area contributed by atoms with Gasteiger partial charge < -0.3 is 9.84 Å². The topological polar surface area (TPSA) is 95.9 Å². The van der Waals surface area contributed by atoms with Crippen molar-refractivity contribution >= 4 is 23.5 Å². The van der Waals surface area contributed by atoms with E-state index in [1.807, 2.05) is 0 Å². The van der Waals surface area contributed by atoms with Gasteiger partial charge >= 0.3 is 12.3 Å². The maximum atomic E-state index is 13.4. The first-order valence-corrected chi connectivity index (χ1v) is 9.74. The van der Waals surface area contributed by atoms with Gasteiger partial charge in [0.25, 0.3) is 0 Å². The SMILES string of the molecule is Cc1ccccc1N1C(=O)C2C(c3cccc(OC(F)(F)F)c3)NC(C)(C(=O)O)C2C1=O. The van der Waals surface area contributed by atoms with Gasteiger partial charge in [0, 0.05) is 6.04 Å². The molecule has 4 unspecified atom stereocenters. The zero-order valence-electron chi connectivity index (χ0n) is 17.0. The van der Waals surface area contributed by atoms with Gasteiger partial charge in [0.05, 0.1) is 17.5 Å². The lowest BCUT2D eigenvalue weighted by molar-refractivity contribution is -0.274. The zero-order valence-corrected chi connectivity index (χ0v) is 17.0. The Morgan fingerprint density at radius 2 is 1.81 bits per heavy atom. The van der Waals surface area contributed by atoms with Crippen LogP contribution in [-0.2, 0) is 14.4 Å². The fraction of sp³-hybridized carbons (Fsp3) is 0.318. The first-order chi connectivity index (χ1) is 14.9. The third-order valence-corrected chi connectivity index (χ3v) is 6.04. The summed E-state index contributed by atoms with van der Waals surface area (Å²) in [5.74, 6) is -5.50. The summed E-state index contributed by atoms with van der Waals surface area (Å²) in [6.07, 6.45) is -4.92. The summed E-state index contributed by atoms with van der Waals surface area (Å²) in [7, 11) is 0. The molecule has 0 aliphatic carbocycles. The molecule has 2 amide bonds. The minimum atomic E-state index is -4.92. The highest BCUT2D eigenvalue weighted by molar-refractivity contribution is 6.24. The number of nitrogens with zero attached hydrogens (tertiary/aromatic N) is 1. The van der Waals surface area contributed by atoms with Crippen LogP contribution in [0.1, 0.15) is 24.1 Å². The zero-order chi connectivity index (χ0) is 23.4. The average molecular weight is 448 g/mol. The molecule has 2 aromatic rings. The molecule has 0 bridgehead atoms. The Balaban J connectivity index is 1.80. The van der Waals surface area contributed by atoms with Crippen LogP contribution in [0.25, 0.3) is 0 Å². The number of carboxylic acids is 1. The van der Waals surface area contributed by atoms with Crippen molar-refractivity contribution in [2.45, 2.75) is 31.8 Å². The minimum absolute atomic E-state index is 0.208. The number of carbonyl (C=O) groups is 3. The number of hydrogen-bond donors (Lipinski definition) is 2. The van der Waals surface area contributed by atoms with Crippen molar-refractivity contribution in [1.82, 2.24) is 5.32 Å². The maximum absolute atomic E-state index is 13.4. The number of aryl methyl sites for hydroxylation is 1. The second-order valence-corrected chi connectivity index (χ2v) is 8.05. The molecule has 168 valence electrons. The number of halogens is 3. The number of hydrogen-bond acceptors (Lipinski definition) is 5. The van der Waals surface area contributed by atoms with Gasteiger partial charge in [0.2, 0.25) is 11.8 Å². The third kappa shape index (κ3) is 3.40. The van der Waals surface area contributed by atoms with Crippen molar-refractivity contribution in [1.29, 1.82) is 0 Å². The first kappa shape index (κ1) is 21.8. The van der Waals surface area contributed by atoms with E-state index in [1.54, 1.807) is 31.2 Å². The summed E-state index contributed by atoms with van der Waals surface area (Å²) >= 11 is 0. The number of carboxylic acid groups (broad SMARTS) is 1. The molecule has 4 atom stereocenters. The quantitative estimate of drug-likeness (QED) is 0.698. The number of aliphatic carboxylic acids is 1. The number of rotatable bonds is 4. The number of nitrogens with one attached hydrogen (secondary N) is 1. The number of alkyl halides is 3. The second-order valence-electron chi connectivity index (χ2n) is 8.05. The average Bonchev–Trinajstić information content (AvgIpc) is 3.16. The first-order valence-electron chi connectivity index (χ1n) is 9.74. The fourth-order valence-electron chi connectivity index (χ4n) is 4.58. The van der Waals surface area contributed by atoms with E-state index < -0.39 is 53.3 Å². The summed E-state index contributed by atoms with van der Waals surface area (Å²) in [6, 6.07) is 10.6.